The Morgan fingerprint density at radius 2 is 1.93 bits per heavy atom. The number of pyridine rings is 1. The molecule has 11 nitrogen and oxygen atoms in total. The van der Waals surface area contributed by atoms with Crippen LogP contribution in [0.2, 0.25) is 5.02 Å². The van der Waals surface area contributed by atoms with E-state index in [1.165, 1.54) is 35.3 Å². The van der Waals surface area contributed by atoms with Crippen molar-refractivity contribution < 1.29 is 31.5 Å². The van der Waals surface area contributed by atoms with Crippen LogP contribution in [0.15, 0.2) is 48.9 Å². The average molecular weight is 600 g/mol. The first-order valence-corrected chi connectivity index (χ1v) is 14.2. The van der Waals surface area contributed by atoms with E-state index < -0.39 is 40.5 Å². The number of hydrogen-bond acceptors (Lipinski definition) is 8. The van der Waals surface area contributed by atoms with Gasteiger partial charge >= 0.3 is 12.2 Å². The number of rotatable bonds is 9. The predicted octanol–water partition coefficient (Wildman–Crippen LogP) is 2.75. The zero-order chi connectivity index (χ0) is 29.1. The molecule has 0 unspecified atom stereocenters. The maximum Gasteiger partial charge on any atom is 0.416 e. The molecule has 16 heteroatoms. The van der Waals surface area contributed by atoms with Gasteiger partial charge in [-0.3, -0.25) is 15.3 Å². The Hall–Kier alpha value is -3.56. The maximum atomic E-state index is 13.0. The third-order valence-electron chi connectivity index (χ3n) is 6.18. The van der Waals surface area contributed by atoms with Crippen molar-refractivity contribution in [1.29, 1.82) is 5.41 Å². The van der Waals surface area contributed by atoms with Gasteiger partial charge in [-0.25, -0.2) is 22.9 Å². The summed E-state index contributed by atoms with van der Waals surface area (Å²) >= 11 is 5.83. The number of halogens is 4. The Labute approximate surface area is 232 Å². The lowest BCUT2D eigenvalue weighted by Crippen LogP contribution is -2.50. The van der Waals surface area contributed by atoms with Gasteiger partial charge in [-0.05, 0) is 55.2 Å². The lowest BCUT2D eigenvalue weighted by atomic mass is 10.0. The van der Waals surface area contributed by atoms with Crippen LogP contribution in [0.3, 0.4) is 0 Å². The molecule has 1 aromatic carbocycles. The minimum absolute atomic E-state index is 0.0757. The summed E-state index contributed by atoms with van der Waals surface area (Å²) in [6, 6.07) is 7.94. The Balaban J connectivity index is 1.43. The smallest absolute Gasteiger partial charge is 0.382 e. The van der Waals surface area contributed by atoms with Crippen molar-refractivity contribution in [2.24, 2.45) is 5.92 Å². The number of aliphatic hydroxyl groups excluding tert-OH is 1. The van der Waals surface area contributed by atoms with Crippen molar-refractivity contribution in [3.05, 3.63) is 71.0 Å². The van der Waals surface area contributed by atoms with E-state index in [0.717, 1.165) is 0 Å². The van der Waals surface area contributed by atoms with Crippen LogP contribution >= 0.6 is 11.6 Å². The lowest BCUT2D eigenvalue weighted by molar-refractivity contribution is -0.204. The largest absolute Gasteiger partial charge is 0.416 e. The SMILES string of the molecule is N=C(c1ccc(Cl)cc1)N(C[C@H](O)C(F)(F)F)C(=O)NCc1ncn(-c2cccnc2CCC2CS(=O)(=O)C2)n1. The van der Waals surface area contributed by atoms with E-state index in [1.54, 1.807) is 18.3 Å². The summed E-state index contributed by atoms with van der Waals surface area (Å²) in [6.45, 7) is -1.49. The zero-order valence-electron chi connectivity index (χ0n) is 20.8. The van der Waals surface area contributed by atoms with Gasteiger partial charge in [-0.1, -0.05) is 11.6 Å². The van der Waals surface area contributed by atoms with E-state index in [9.17, 15) is 31.5 Å². The highest BCUT2D eigenvalue weighted by molar-refractivity contribution is 7.92. The van der Waals surface area contributed by atoms with Crippen molar-refractivity contribution in [1.82, 2.24) is 30.0 Å². The van der Waals surface area contributed by atoms with Crippen molar-refractivity contribution in [2.75, 3.05) is 18.1 Å². The number of aromatic nitrogens is 4. The summed E-state index contributed by atoms with van der Waals surface area (Å²) in [4.78, 5) is 21.8. The summed E-state index contributed by atoms with van der Waals surface area (Å²) in [5.41, 5.74) is 1.39. The first-order chi connectivity index (χ1) is 18.8. The van der Waals surface area contributed by atoms with Gasteiger partial charge in [0.2, 0.25) is 0 Å². The molecule has 1 saturated heterocycles. The molecule has 1 aliphatic heterocycles. The summed E-state index contributed by atoms with van der Waals surface area (Å²) in [6.07, 6.45) is -3.74. The number of urea groups is 1. The molecule has 0 radical (unpaired) electrons. The molecule has 0 aliphatic carbocycles. The Morgan fingerprint density at radius 1 is 1.23 bits per heavy atom. The molecule has 4 rings (SSSR count). The van der Waals surface area contributed by atoms with Gasteiger partial charge in [-0.2, -0.15) is 13.2 Å². The molecular formula is C24H25ClF3N7O4S. The third kappa shape index (κ3) is 7.34. The summed E-state index contributed by atoms with van der Waals surface area (Å²) in [5, 5.41) is 24.9. The van der Waals surface area contributed by atoms with E-state index in [1.807, 2.05) is 0 Å². The first kappa shape index (κ1) is 29.4. The Morgan fingerprint density at radius 3 is 2.58 bits per heavy atom. The van der Waals surface area contributed by atoms with Gasteiger partial charge in [-0.15, -0.1) is 5.10 Å². The number of carbonyl (C=O) groups is 1. The Bertz CT molecular complexity index is 1470. The lowest BCUT2D eigenvalue weighted by Gasteiger charge is -2.27. The van der Waals surface area contributed by atoms with Gasteiger partial charge < -0.3 is 10.4 Å². The number of amides is 2. The molecule has 2 amide bonds. The van der Waals surface area contributed by atoms with Crippen LogP contribution in [-0.2, 0) is 22.8 Å². The number of carbonyl (C=O) groups excluding carboxylic acids is 1. The number of aryl methyl sites for hydroxylation is 1. The second kappa shape index (κ2) is 11.9. The number of nitrogens with one attached hydrogen (secondary N) is 2. The van der Waals surface area contributed by atoms with Crippen LogP contribution in [0.1, 0.15) is 23.5 Å². The molecule has 0 saturated carbocycles. The van der Waals surface area contributed by atoms with Crippen molar-refractivity contribution in [3.63, 3.8) is 0 Å². The van der Waals surface area contributed by atoms with Crippen LogP contribution in [0, 0.1) is 11.3 Å². The number of amidine groups is 1. The monoisotopic (exact) mass is 599 g/mol. The number of benzene rings is 1. The van der Waals surface area contributed by atoms with Gasteiger partial charge in [0.25, 0.3) is 0 Å². The normalized spacial score (nSPS) is 15.7. The van der Waals surface area contributed by atoms with Crippen molar-refractivity contribution >= 4 is 33.3 Å². The van der Waals surface area contributed by atoms with E-state index in [-0.39, 0.29) is 35.4 Å². The zero-order valence-corrected chi connectivity index (χ0v) is 22.4. The molecule has 40 heavy (non-hydrogen) atoms. The fraction of sp³-hybridized carbons (Fsp3) is 0.375. The van der Waals surface area contributed by atoms with Crippen molar-refractivity contribution in [2.45, 2.75) is 31.7 Å². The number of sulfone groups is 1. The minimum atomic E-state index is -5.01. The van der Waals surface area contributed by atoms with E-state index in [2.05, 4.69) is 20.4 Å². The third-order valence-corrected chi connectivity index (χ3v) is 8.40. The molecule has 3 N–H and O–H groups in total. The maximum absolute atomic E-state index is 13.0. The molecule has 0 spiro atoms. The molecule has 0 bridgehead atoms. The number of aliphatic hydroxyl groups is 1. The second-order valence-electron chi connectivity index (χ2n) is 9.24. The number of alkyl halides is 3. The Kier molecular flexibility index (Phi) is 8.75. The van der Waals surface area contributed by atoms with Crippen molar-refractivity contribution in [3.8, 4) is 5.69 Å². The van der Waals surface area contributed by atoms with Gasteiger partial charge in [0.15, 0.2) is 21.8 Å². The highest BCUT2D eigenvalue weighted by Crippen LogP contribution is 2.25. The fourth-order valence-electron chi connectivity index (χ4n) is 4.07. The fourth-order valence-corrected chi connectivity index (χ4v) is 5.87. The summed E-state index contributed by atoms with van der Waals surface area (Å²) in [5.74, 6) is -0.0477. The standard InChI is InChI=1S/C24H25ClF3N7O4S/c25-17-6-4-16(5-7-17)22(29)34(11-20(36)24(26,27)28)23(37)31-10-21-32-14-35(33-21)19-2-1-9-30-18(19)8-3-15-12-40(38,39)13-15/h1-2,4-7,9,14-15,20,29,36H,3,8,10-13H2,(H,31,37)/t20-/m0/s1. The first-order valence-electron chi connectivity index (χ1n) is 12.0. The van der Waals surface area contributed by atoms with E-state index >= 15 is 0 Å². The van der Waals surface area contributed by atoms with Crippen LogP contribution in [0.4, 0.5) is 18.0 Å². The molecule has 2 aromatic heterocycles. The molecular weight excluding hydrogens is 575 g/mol. The molecule has 3 aromatic rings. The topological polar surface area (TPSA) is 154 Å². The minimum Gasteiger partial charge on any atom is -0.382 e. The van der Waals surface area contributed by atoms with E-state index in [4.69, 9.17) is 17.0 Å². The second-order valence-corrected chi connectivity index (χ2v) is 11.8. The van der Waals surface area contributed by atoms with Gasteiger partial charge in [0.1, 0.15) is 12.2 Å². The number of hydrogen-bond donors (Lipinski definition) is 3. The predicted molar refractivity (Wildman–Crippen MR) is 139 cm³/mol. The molecule has 1 fully saturated rings. The molecule has 214 valence electrons. The highest BCUT2D eigenvalue weighted by Gasteiger charge is 2.41. The summed E-state index contributed by atoms with van der Waals surface area (Å²) in [7, 11) is -2.92. The van der Waals surface area contributed by atoms with Crippen LogP contribution in [0.25, 0.3) is 5.69 Å². The summed E-state index contributed by atoms with van der Waals surface area (Å²) < 4.78 is 63.4. The van der Waals surface area contributed by atoms with Crippen LogP contribution in [0.5, 0.6) is 0 Å². The molecule has 1 aliphatic rings. The average Bonchev–Trinajstić information content (AvgIpc) is 3.36. The van der Waals surface area contributed by atoms with Crippen LogP contribution < -0.4 is 5.32 Å². The quantitative estimate of drug-likeness (QED) is 0.252. The number of nitrogens with zero attached hydrogens (tertiary/aromatic N) is 5. The molecule has 3 heterocycles. The van der Waals surface area contributed by atoms with Gasteiger partial charge in [0.05, 0.1) is 36.0 Å². The van der Waals surface area contributed by atoms with Gasteiger partial charge in [0, 0.05) is 16.8 Å². The highest BCUT2D eigenvalue weighted by atomic mass is 35.5. The van der Waals surface area contributed by atoms with Crippen LogP contribution in [-0.4, -0.2) is 80.4 Å². The molecule has 1 atom stereocenters. The van der Waals surface area contributed by atoms with E-state index in [0.29, 0.717) is 34.1 Å².